The maximum atomic E-state index is 6.07. The molecule has 150 valence electrons. The number of thiazole rings is 1. The van der Waals surface area contributed by atoms with Crippen molar-refractivity contribution in [3.8, 4) is 17.0 Å². The molecule has 7 heteroatoms. The summed E-state index contributed by atoms with van der Waals surface area (Å²) in [6.45, 7) is 0.377. The van der Waals surface area contributed by atoms with E-state index in [9.17, 15) is 0 Å². The highest BCUT2D eigenvalue weighted by molar-refractivity contribution is 7.14. The van der Waals surface area contributed by atoms with Gasteiger partial charge in [0.15, 0.2) is 0 Å². The van der Waals surface area contributed by atoms with Gasteiger partial charge in [0.1, 0.15) is 12.4 Å². The van der Waals surface area contributed by atoms with Crippen molar-refractivity contribution < 1.29 is 4.74 Å². The first kappa shape index (κ1) is 20.4. The van der Waals surface area contributed by atoms with E-state index in [0.29, 0.717) is 16.7 Å². The topological polar surface area (TPSA) is 46.5 Å². The van der Waals surface area contributed by atoms with Crippen LogP contribution in [-0.4, -0.2) is 11.2 Å². The van der Waals surface area contributed by atoms with Crippen LogP contribution < -0.4 is 10.2 Å². The minimum Gasteiger partial charge on any atom is -0.488 e. The van der Waals surface area contributed by atoms with Gasteiger partial charge in [0.25, 0.3) is 0 Å². The van der Waals surface area contributed by atoms with Gasteiger partial charge in [-0.05, 0) is 29.8 Å². The average Bonchev–Trinajstić information content (AvgIpc) is 3.25. The maximum Gasteiger partial charge on any atom is 0.203 e. The second kappa shape index (κ2) is 9.76. The minimum absolute atomic E-state index is 0.377. The van der Waals surface area contributed by atoms with Gasteiger partial charge in [-0.3, -0.25) is 5.43 Å². The number of halogens is 2. The van der Waals surface area contributed by atoms with Crippen LogP contribution in [0.2, 0.25) is 10.0 Å². The van der Waals surface area contributed by atoms with E-state index in [1.807, 2.05) is 66.0 Å². The molecule has 0 radical (unpaired) electrons. The molecule has 3 aromatic carbocycles. The number of hydrazone groups is 1. The molecule has 4 nitrogen and oxygen atoms in total. The molecule has 0 bridgehead atoms. The van der Waals surface area contributed by atoms with Crippen LogP contribution in [0.4, 0.5) is 5.13 Å². The first-order chi connectivity index (χ1) is 14.7. The summed E-state index contributed by atoms with van der Waals surface area (Å²) in [5.74, 6) is 0.721. The molecule has 0 saturated carbocycles. The molecule has 1 N–H and O–H groups in total. The Hall–Kier alpha value is -2.86. The number of rotatable bonds is 7. The van der Waals surface area contributed by atoms with E-state index in [2.05, 4.69) is 15.5 Å². The van der Waals surface area contributed by atoms with Crippen LogP contribution in [-0.2, 0) is 6.61 Å². The molecule has 0 spiro atoms. The van der Waals surface area contributed by atoms with E-state index < -0.39 is 0 Å². The fourth-order valence-corrected chi connectivity index (χ4v) is 3.72. The molecule has 0 amide bonds. The molecule has 0 fully saturated rings. The van der Waals surface area contributed by atoms with Crippen LogP contribution in [0, 0.1) is 0 Å². The van der Waals surface area contributed by atoms with Crippen LogP contribution in [0.1, 0.15) is 11.1 Å². The third-order valence-corrected chi connectivity index (χ3v) is 5.72. The lowest BCUT2D eigenvalue weighted by atomic mass is 10.2. The third kappa shape index (κ3) is 5.19. The number of hydrogen-bond acceptors (Lipinski definition) is 5. The molecule has 1 heterocycles. The Morgan fingerprint density at radius 1 is 0.967 bits per heavy atom. The first-order valence-electron chi connectivity index (χ1n) is 9.15. The highest BCUT2D eigenvalue weighted by Crippen LogP contribution is 2.26. The lowest BCUT2D eigenvalue weighted by Gasteiger charge is -2.09. The Labute approximate surface area is 188 Å². The monoisotopic (exact) mass is 453 g/mol. The summed E-state index contributed by atoms with van der Waals surface area (Å²) in [6, 6.07) is 23.2. The molecular formula is C23H17Cl2N3OS. The van der Waals surface area contributed by atoms with Gasteiger partial charge in [0.2, 0.25) is 5.13 Å². The van der Waals surface area contributed by atoms with Crippen molar-refractivity contribution >= 4 is 45.9 Å². The summed E-state index contributed by atoms with van der Waals surface area (Å²) in [5.41, 5.74) is 6.77. The highest BCUT2D eigenvalue weighted by atomic mass is 35.5. The predicted octanol–water partition coefficient (Wildman–Crippen LogP) is 7.14. The Balaban J connectivity index is 1.41. The number of nitrogens with one attached hydrogen (secondary N) is 1. The van der Waals surface area contributed by atoms with Crippen LogP contribution in [0.15, 0.2) is 83.3 Å². The molecule has 4 aromatic rings. The van der Waals surface area contributed by atoms with E-state index in [-0.39, 0.29) is 0 Å². The summed E-state index contributed by atoms with van der Waals surface area (Å²) in [6.07, 6.45) is 1.72. The Morgan fingerprint density at radius 2 is 1.77 bits per heavy atom. The zero-order valence-electron chi connectivity index (χ0n) is 15.8. The number of benzene rings is 3. The number of aromatic nitrogens is 1. The average molecular weight is 454 g/mol. The molecule has 0 aliphatic carbocycles. The molecule has 0 unspecified atom stereocenters. The molecule has 0 saturated heterocycles. The number of anilines is 1. The van der Waals surface area contributed by atoms with Crippen molar-refractivity contribution in [1.82, 2.24) is 4.98 Å². The van der Waals surface area contributed by atoms with Gasteiger partial charge >= 0.3 is 0 Å². The first-order valence-corrected chi connectivity index (χ1v) is 10.8. The van der Waals surface area contributed by atoms with E-state index in [1.54, 1.807) is 18.3 Å². The quantitative estimate of drug-likeness (QED) is 0.238. The van der Waals surface area contributed by atoms with Gasteiger partial charge in [-0.15, -0.1) is 11.3 Å². The zero-order chi connectivity index (χ0) is 20.8. The van der Waals surface area contributed by atoms with Gasteiger partial charge in [-0.1, -0.05) is 71.7 Å². The normalized spacial score (nSPS) is 11.0. The smallest absolute Gasteiger partial charge is 0.203 e. The second-order valence-corrected chi connectivity index (χ2v) is 8.02. The van der Waals surface area contributed by atoms with Gasteiger partial charge in [0, 0.05) is 16.5 Å². The van der Waals surface area contributed by atoms with Gasteiger partial charge in [-0.2, -0.15) is 5.10 Å². The summed E-state index contributed by atoms with van der Waals surface area (Å²) >= 11 is 13.5. The maximum absolute atomic E-state index is 6.07. The van der Waals surface area contributed by atoms with E-state index in [1.165, 1.54) is 11.3 Å². The van der Waals surface area contributed by atoms with Crippen molar-refractivity contribution in [2.24, 2.45) is 5.10 Å². The molecular weight excluding hydrogens is 437 g/mol. The SMILES string of the molecule is Clc1ccc(COc2ccccc2C=NNc2nc(-c3ccccc3)cs2)cc1Cl. The molecule has 4 rings (SSSR count). The van der Waals surface area contributed by atoms with Crippen molar-refractivity contribution in [2.75, 3.05) is 5.43 Å². The molecule has 0 atom stereocenters. The van der Waals surface area contributed by atoms with Gasteiger partial charge in [-0.25, -0.2) is 4.98 Å². The van der Waals surface area contributed by atoms with E-state index in [4.69, 9.17) is 27.9 Å². The summed E-state index contributed by atoms with van der Waals surface area (Å²) in [4.78, 5) is 4.56. The number of nitrogens with zero attached hydrogens (tertiary/aromatic N) is 2. The number of para-hydroxylation sites is 1. The van der Waals surface area contributed by atoms with E-state index in [0.717, 1.165) is 33.3 Å². The third-order valence-electron chi connectivity index (χ3n) is 4.23. The molecule has 0 aliphatic heterocycles. The molecule has 30 heavy (non-hydrogen) atoms. The van der Waals surface area contributed by atoms with Crippen molar-refractivity contribution in [3.63, 3.8) is 0 Å². The summed E-state index contributed by atoms with van der Waals surface area (Å²) < 4.78 is 5.95. The molecule has 0 aliphatic rings. The standard InChI is InChI=1S/C23H17Cl2N3OS/c24-19-11-10-16(12-20(19)25)14-29-22-9-5-4-8-18(22)13-26-28-23-27-21(15-30-23)17-6-2-1-3-7-17/h1-13,15H,14H2,(H,27,28). The highest BCUT2D eigenvalue weighted by Gasteiger charge is 2.05. The fourth-order valence-electron chi connectivity index (χ4n) is 2.73. The van der Waals surface area contributed by atoms with Crippen molar-refractivity contribution in [1.29, 1.82) is 0 Å². The van der Waals surface area contributed by atoms with Crippen molar-refractivity contribution in [3.05, 3.63) is 99.3 Å². The van der Waals surface area contributed by atoms with Gasteiger partial charge < -0.3 is 4.74 Å². The Kier molecular flexibility index (Phi) is 6.64. The number of hydrogen-bond donors (Lipinski definition) is 1. The zero-order valence-corrected chi connectivity index (χ0v) is 18.1. The predicted molar refractivity (Wildman–Crippen MR) is 126 cm³/mol. The van der Waals surface area contributed by atoms with Crippen LogP contribution in [0.3, 0.4) is 0 Å². The van der Waals surface area contributed by atoms with E-state index >= 15 is 0 Å². The largest absolute Gasteiger partial charge is 0.488 e. The molecule has 1 aromatic heterocycles. The lowest BCUT2D eigenvalue weighted by molar-refractivity contribution is 0.306. The summed E-state index contributed by atoms with van der Waals surface area (Å²) in [7, 11) is 0. The lowest BCUT2D eigenvalue weighted by Crippen LogP contribution is -1.99. The van der Waals surface area contributed by atoms with Crippen molar-refractivity contribution in [2.45, 2.75) is 6.61 Å². The fraction of sp³-hybridized carbons (Fsp3) is 0.0435. The van der Waals surface area contributed by atoms with Crippen LogP contribution in [0.25, 0.3) is 11.3 Å². The number of ether oxygens (including phenoxy) is 1. The van der Waals surface area contributed by atoms with Gasteiger partial charge in [0.05, 0.1) is 22.0 Å². The Morgan fingerprint density at radius 3 is 2.60 bits per heavy atom. The van der Waals surface area contributed by atoms with Crippen LogP contribution >= 0.6 is 34.5 Å². The van der Waals surface area contributed by atoms with Crippen LogP contribution in [0.5, 0.6) is 5.75 Å². The Bertz CT molecular complexity index is 1160. The summed E-state index contributed by atoms with van der Waals surface area (Å²) in [5, 5.41) is 8.07. The minimum atomic E-state index is 0.377. The second-order valence-electron chi connectivity index (χ2n) is 6.35.